The van der Waals surface area contributed by atoms with Gasteiger partial charge in [0.15, 0.2) is 9.84 Å². The van der Waals surface area contributed by atoms with E-state index in [1.54, 1.807) is 6.92 Å². The van der Waals surface area contributed by atoms with E-state index >= 15 is 0 Å². The zero-order chi connectivity index (χ0) is 12.5. The average Bonchev–Trinajstić information content (AvgIpc) is 2.71. The maximum absolute atomic E-state index is 11.6. The first-order chi connectivity index (χ1) is 8.05. The number of fused-ring (bicyclic) bond motifs is 1. The van der Waals surface area contributed by atoms with E-state index in [1.165, 1.54) is 6.26 Å². The Morgan fingerprint density at radius 2 is 2.12 bits per heavy atom. The molecule has 0 radical (unpaired) electrons. The lowest BCUT2D eigenvalue weighted by Crippen LogP contribution is -2.06. The third-order valence-electron chi connectivity index (χ3n) is 2.77. The Morgan fingerprint density at radius 1 is 1.35 bits per heavy atom. The molecule has 1 aromatic heterocycles. The number of furan rings is 1. The molecular weight excluding hydrogens is 238 g/mol. The molecule has 0 atom stereocenters. The van der Waals surface area contributed by atoms with Crippen molar-refractivity contribution in [1.82, 2.24) is 0 Å². The van der Waals surface area contributed by atoms with Crippen LogP contribution in [-0.4, -0.2) is 14.2 Å². The number of hydrogen-bond acceptors (Lipinski definition) is 4. The smallest absolute Gasteiger partial charge is 0.154 e. The standard InChI is InChI=1S/C12H15NO3S/c1-2-17(14,15)8-10-7-16-12-4-3-9(6-13)5-11(10)12/h3-5,7H,2,6,8,13H2,1H3. The van der Waals surface area contributed by atoms with E-state index in [2.05, 4.69) is 0 Å². The third-order valence-corrected chi connectivity index (χ3v) is 4.40. The zero-order valence-corrected chi connectivity index (χ0v) is 10.5. The topological polar surface area (TPSA) is 73.3 Å². The first-order valence-corrected chi connectivity index (χ1v) is 7.27. The zero-order valence-electron chi connectivity index (χ0n) is 9.64. The van der Waals surface area contributed by atoms with Crippen LogP contribution in [0.4, 0.5) is 0 Å². The summed E-state index contributed by atoms with van der Waals surface area (Å²) < 4.78 is 28.5. The Labute approximate surface area is 100 Å². The lowest BCUT2D eigenvalue weighted by atomic mass is 10.1. The number of sulfone groups is 1. The molecule has 0 saturated heterocycles. The predicted octanol–water partition coefficient (Wildman–Crippen LogP) is 1.83. The van der Waals surface area contributed by atoms with Gasteiger partial charge in [-0.1, -0.05) is 13.0 Å². The molecule has 92 valence electrons. The minimum absolute atomic E-state index is 0.0184. The number of rotatable bonds is 4. The van der Waals surface area contributed by atoms with E-state index in [0.717, 1.165) is 10.9 Å². The Bertz CT molecular complexity index is 628. The first-order valence-electron chi connectivity index (χ1n) is 5.45. The van der Waals surface area contributed by atoms with Crippen molar-refractivity contribution in [3.63, 3.8) is 0 Å². The third kappa shape index (κ3) is 2.50. The Morgan fingerprint density at radius 3 is 2.76 bits per heavy atom. The van der Waals surface area contributed by atoms with Crippen LogP contribution in [-0.2, 0) is 22.1 Å². The largest absolute Gasteiger partial charge is 0.464 e. The summed E-state index contributed by atoms with van der Waals surface area (Å²) in [6.45, 7) is 2.07. The number of benzene rings is 1. The van der Waals surface area contributed by atoms with Gasteiger partial charge in [-0.25, -0.2) is 8.42 Å². The van der Waals surface area contributed by atoms with Crippen molar-refractivity contribution in [2.75, 3.05) is 5.75 Å². The molecule has 0 amide bonds. The molecule has 0 aliphatic heterocycles. The SMILES string of the molecule is CCS(=O)(=O)Cc1coc2ccc(CN)cc12. The van der Waals surface area contributed by atoms with Gasteiger partial charge in [0, 0.05) is 23.2 Å². The normalized spacial score (nSPS) is 12.1. The van der Waals surface area contributed by atoms with Crippen molar-refractivity contribution in [3.8, 4) is 0 Å². The van der Waals surface area contributed by atoms with Crippen molar-refractivity contribution < 1.29 is 12.8 Å². The lowest BCUT2D eigenvalue weighted by molar-refractivity contribution is 0.592. The van der Waals surface area contributed by atoms with Crippen LogP contribution in [0.15, 0.2) is 28.9 Å². The van der Waals surface area contributed by atoms with Crippen molar-refractivity contribution in [1.29, 1.82) is 0 Å². The number of nitrogens with two attached hydrogens (primary N) is 1. The predicted molar refractivity (Wildman–Crippen MR) is 67.3 cm³/mol. The molecule has 0 fully saturated rings. The fourth-order valence-electron chi connectivity index (χ4n) is 1.71. The summed E-state index contributed by atoms with van der Waals surface area (Å²) >= 11 is 0. The summed E-state index contributed by atoms with van der Waals surface area (Å²) in [5.74, 6) is 0.154. The molecule has 0 saturated carbocycles. The van der Waals surface area contributed by atoms with E-state index in [0.29, 0.717) is 17.7 Å². The molecule has 4 nitrogen and oxygen atoms in total. The van der Waals surface area contributed by atoms with Gasteiger partial charge in [0.2, 0.25) is 0 Å². The van der Waals surface area contributed by atoms with Crippen LogP contribution in [0, 0.1) is 0 Å². The van der Waals surface area contributed by atoms with Crippen LogP contribution in [0.3, 0.4) is 0 Å². The summed E-state index contributed by atoms with van der Waals surface area (Å²) in [5.41, 5.74) is 7.93. The second kappa shape index (κ2) is 4.50. The molecule has 17 heavy (non-hydrogen) atoms. The molecule has 2 N–H and O–H groups in total. The van der Waals surface area contributed by atoms with Gasteiger partial charge < -0.3 is 10.2 Å². The highest BCUT2D eigenvalue weighted by Gasteiger charge is 2.14. The van der Waals surface area contributed by atoms with E-state index in [1.807, 2.05) is 18.2 Å². The minimum Gasteiger partial charge on any atom is -0.464 e. The summed E-state index contributed by atoms with van der Waals surface area (Å²) in [6.07, 6.45) is 1.51. The van der Waals surface area contributed by atoms with Gasteiger partial charge in [0.25, 0.3) is 0 Å². The maximum atomic E-state index is 11.6. The average molecular weight is 253 g/mol. The van der Waals surface area contributed by atoms with Crippen LogP contribution in [0.1, 0.15) is 18.1 Å². The Balaban J connectivity index is 2.48. The van der Waals surface area contributed by atoms with Gasteiger partial charge in [0.1, 0.15) is 5.58 Å². The minimum atomic E-state index is -3.04. The highest BCUT2D eigenvalue weighted by molar-refractivity contribution is 7.90. The van der Waals surface area contributed by atoms with Crippen LogP contribution < -0.4 is 5.73 Å². The second-order valence-corrected chi connectivity index (χ2v) is 6.33. The van der Waals surface area contributed by atoms with Crippen molar-refractivity contribution in [3.05, 3.63) is 35.6 Å². The Hall–Kier alpha value is -1.33. The molecule has 1 aromatic carbocycles. The molecule has 0 aliphatic rings. The summed E-state index contributed by atoms with van der Waals surface area (Å²) in [4.78, 5) is 0. The van der Waals surface area contributed by atoms with E-state index in [-0.39, 0.29) is 11.5 Å². The van der Waals surface area contributed by atoms with Gasteiger partial charge in [-0.05, 0) is 17.7 Å². The van der Waals surface area contributed by atoms with Crippen molar-refractivity contribution in [2.24, 2.45) is 5.73 Å². The van der Waals surface area contributed by atoms with Crippen molar-refractivity contribution >= 4 is 20.8 Å². The first kappa shape index (κ1) is 12.1. The van der Waals surface area contributed by atoms with Gasteiger partial charge in [-0.15, -0.1) is 0 Å². The van der Waals surface area contributed by atoms with Crippen LogP contribution >= 0.6 is 0 Å². The van der Waals surface area contributed by atoms with Crippen molar-refractivity contribution in [2.45, 2.75) is 19.2 Å². The molecule has 0 unspecified atom stereocenters. The molecule has 5 heteroatoms. The number of hydrogen-bond donors (Lipinski definition) is 1. The fourth-order valence-corrected chi connectivity index (χ4v) is 2.61. The van der Waals surface area contributed by atoms with E-state index in [4.69, 9.17) is 10.2 Å². The van der Waals surface area contributed by atoms with Gasteiger partial charge in [0.05, 0.1) is 12.0 Å². The van der Waals surface area contributed by atoms with E-state index in [9.17, 15) is 8.42 Å². The highest BCUT2D eigenvalue weighted by atomic mass is 32.2. The molecule has 0 bridgehead atoms. The molecule has 0 spiro atoms. The van der Waals surface area contributed by atoms with Gasteiger partial charge in [-0.3, -0.25) is 0 Å². The lowest BCUT2D eigenvalue weighted by Gasteiger charge is -2.00. The highest BCUT2D eigenvalue weighted by Crippen LogP contribution is 2.24. The fraction of sp³-hybridized carbons (Fsp3) is 0.333. The van der Waals surface area contributed by atoms with Crippen LogP contribution in [0.5, 0.6) is 0 Å². The summed E-state index contributed by atoms with van der Waals surface area (Å²) in [7, 11) is -3.04. The van der Waals surface area contributed by atoms with E-state index < -0.39 is 9.84 Å². The monoisotopic (exact) mass is 253 g/mol. The summed E-state index contributed by atoms with van der Waals surface area (Å²) in [6, 6.07) is 5.59. The second-order valence-electron chi connectivity index (χ2n) is 3.97. The molecule has 0 aliphatic carbocycles. The quantitative estimate of drug-likeness (QED) is 0.902. The molecule has 1 heterocycles. The molecule has 2 rings (SSSR count). The van der Waals surface area contributed by atoms with Gasteiger partial charge >= 0.3 is 0 Å². The van der Waals surface area contributed by atoms with Crippen LogP contribution in [0.2, 0.25) is 0 Å². The maximum Gasteiger partial charge on any atom is 0.154 e. The Kier molecular flexibility index (Phi) is 3.22. The van der Waals surface area contributed by atoms with Crippen LogP contribution in [0.25, 0.3) is 11.0 Å². The summed E-state index contributed by atoms with van der Waals surface area (Å²) in [5, 5.41) is 0.838. The molecular formula is C12H15NO3S. The van der Waals surface area contributed by atoms with Gasteiger partial charge in [-0.2, -0.15) is 0 Å². The molecule has 2 aromatic rings.